The van der Waals surface area contributed by atoms with Gasteiger partial charge in [0.2, 0.25) is 0 Å². The summed E-state index contributed by atoms with van der Waals surface area (Å²) < 4.78 is 41.5. The van der Waals surface area contributed by atoms with Gasteiger partial charge in [-0.25, -0.2) is 9.67 Å². The number of aryl methyl sites for hydroxylation is 1. The van der Waals surface area contributed by atoms with Crippen LogP contribution in [0.5, 0.6) is 0 Å². The van der Waals surface area contributed by atoms with Crippen molar-refractivity contribution in [3.8, 4) is 0 Å². The van der Waals surface area contributed by atoms with Gasteiger partial charge in [0.1, 0.15) is 16.9 Å². The monoisotopic (exact) mass is 392 g/mol. The normalized spacial score (nSPS) is 17.1. The second kappa shape index (κ2) is 6.16. The van der Waals surface area contributed by atoms with E-state index in [0.29, 0.717) is 11.5 Å². The largest absolute Gasteiger partial charge is 0.398 e. The van der Waals surface area contributed by atoms with Crippen molar-refractivity contribution in [3.05, 3.63) is 57.3 Å². The molecule has 2 aromatic heterocycles. The van der Waals surface area contributed by atoms with Crippen molar-refractivity contribution in [3.63, 3.8) is 0 Å². The molecular weight excluding hydrogens is 373 g/mol. The van der Waals surface area contributed by atoms with E-state index in [-0.39, 0.29) is 41.1 Å². The van der Waals surface area contributed by atoms with Crippen LogP contribution in [0.2, 0.25) is 0 Å². The molecule has 0 amide bonds. The predicted octanol–water partition coefficient (Wildman–Crippen LogP) is 3.12. The first-order valence-corrected chi connectivity index (χ1v) is 8.94. The molecule has 1 aromatic carbocycles. The summed E-state index contributed by atoms with van der Waals surface area (Å²) in [6.45, 7) is 3.04. The lowest BCUT2D eigenvalue weighted by atomic mass is 9.93. The molecule has 2 heterocycles. The number of hydrogen-bond acceptors (Lipinski definition) is 4. The van der Waals surface area contributed by atoms with E-state index >= 15 is 0 Å². The number of rotatable bonds is 4. The Morgan fingerprint density at radius 1 is 1.29 bits per heavy atom. The molecule has 0 spiro atoms. The summed E-state index contributed by atoms with van der Waals surface area (Å²) in [5.41, 5.74) is -0.570. The van der Waals surface area contributed by atoms with E-state index in [2.05, 4.69) is 15.1 Å². The lowest BCUT2D eigenvalue weighted by Gasteiger charge is -2.21. The summed E-state index contributed by atoms with van der Waals surface area (Å²) in [7, 11) is 0. The number of benzene rings is 1. The number of aromatic amines is 1. The summed E-state index contributed by atoms with van der Waals surface area (Å²) in [6, 6.07) is 5.94. The quantitative estimate of drug-likeness (QED) is 0.715. The van der Waals surface area contributed by atoms with Crippen molar-refractivity contribution >= 4 is 11.0 Å². The van der Waals surface area contributed by atoms with Crippen LogP contribution in [0, 0.1) is 6.92 Å². The SMILES string of the molecule is Cc1nc2c(c(CO)nn2C(C)c2ccc(C3(C(F)(F)F)CC3)cc2)c(=O)[nH]1. The maximum atomic E-state index is 13.3. The molecule has 9 heteroatoms. The van der Waals surface area contributed by atoms with Gasteiger partial charge < -0.3 is 10.1 Å². The zero-order valence-corrected chi connectivity index (χ0v) is 15.3. The summed E-state index contributed by atoms with van der Waals surface area (Å²) in [6.07, 6.45) is -4.03. The van der Waals surface area contributed by atoms with Crippen molar-refractivity contribution in [2.24, 2.45) is 0 Å². The fourth-order valence-electron chi connectivity index (χ4n) is 3.69. The third-order valence-corrected chi connectivity index (χ3v) is 5.51. The third kappa shape index (κ3) is 2.72. The molecule has 28 heavy (non-hydrogen) atoms. The molecule has 1 aliphatic rings. The van der Waals surface area contributed by atoms with Gasteiger partial charge in [0, 0.05) is 0 Å². The molecule has 6 nitrogen and oxygen atoms in total. The minimum atomic E-state index is -4.25. The molecule has 1 atom stereocenters. The van der Waals surface area contributed by atoms with Crippen molar-refractivity contribution in [2.75, 3.05) is 0 Å². The highest BCUT2D eigenvalue weighted by molar-refractivity contribution is 5.77. The molecule has 1 fully saturated rings. The third-order valence-electron chi connectivity index (χ3n) is 5.51. The van der Waals surface area contributed by atoms with Crippen LogP contribution >= 0.6 is 0 Å². The number of alkyl halides is 3. The van der Waals surface area contributed by atoms with E-state index in [0.717, 1.165) is 5.56 Å². The van der Waals surface area contributed by atoms with E-state index in [1.807, 2.05) is 6.92 Å². The molecule has 4 rings (SSSR count). The van der Waals surface area contributed by atoms with Crippen LogP contribution in [0.3, 0.4) is 0 Å². The van der Waals surface area contributed by atoms with E-state index in [1.54, 1.807) is 19.1 Å². The van der Waals surface area contributed by atoms with Gasteiger partial charge in [-0.1, -0.05) is 24.3 Å². The molecule has 2 N–H and O–H groups in total. The molecule has 0 radical (unpaired) electrons. The van der Waals surface area contributed by atoms with Crippen molar-refractivity contribution < 1.29 is 18.3 Å². The molecule has 0 aliphatic heterocycles. The van der Waals surface area contributed by atoms with Crippen molar-refractivity contribution in [1.82, 2.24) is 19.7 Å². The first-order chi connectivity index (χ1) is 13.2. The maximum Gasteiger partial charge on any atom is 0.398 e. The Morgan fingerprint density at radius 2 is 1.93 bits per heavy atom. The number of aromatic nitrogens is 4. The van der Waals surface area contributed by atoms with E-state index < -0.39 is 18.2 Å². The Kier molecular flexibility index (Phi) is 4.11. The Labute approximate surface area is 158 Å². The number of H-pyrrole nitrogens is 1. The van der Waals surface area contributed by atoms with Crippen molar-refractivity contribution in [2.45, 2.75) is 50.9 Å². The van der Waals surface area contributed by atoms with Crippen LogP contribution in [0.1, 0.15) is 48.5 Å². The zero-order valence-electron chi connectivity index (χ0n) is 15.3. The average molecular weight is 392 g/mol. The lowest BCUT2D eigenvalue weighted by Crippen LogP contribution is -2.28. The summed E-state index contributed by atoms with van der Waals surface area (Å²) >= 11 is 0. The van der Waals surface area contributed by atoms with Crippen LogP contribution in [-0.2, 0) is 12.0 Å². The fourth-order valence-corrected chi connectivity index (χ4v) is 3.69. The van der Waals surface area contributed by atoms with Gasteiger partial charge in [0.05, 0.1) is 18.1 Å². The van der Waals surface area contributed by atoms with Gasteiger partial charge >= 0.3 is 6.18 Å². The predicted molar refractivity (Wildman–Crippen MR) is 96.0 cm³/mol. The number of fused-ring (bicyclic) bond motifs is 1. The summed E-state index contributed by atoms with van der Waals surface area (Å²) in [4.78, 5) is 19.2. The molecule has 3 aromatic rings. The Balaban J connectivity index is 1.75. The number of nitrogens with zero attached hydrogens (tertiary/aromatic N) is 3. The zero-order chi connectivity index (χ0) is 20.3. The number of aliphatic hydroxyl groups is 1. The van der Waals surface area contributed by atoms with E-state index in [4.69, 9.17) is 0 Å². The standard InChI is InChI=1S/C19H19F3N4O2/c1-10(12-3-5-13(6-4-12)18(7-8-18)19(20,21)22)26-16-15(14(9-27)25-26)17(28)24-11(2)23-16/h3-6,10,27H,7-9H2,1-2H3,(H,23,24,28). The number of halogens is 3. The molecule has 1 saturated carbocycles. The highest BCUT2D eigenvalue weighted by Gasteiger charge is 2.64. The Bertz CT molecular complexity index is 1100. The molecule has 148 valence electrons. The molecular formula is C19H19F3N4O2. The fraction of sp³-hybridized carbons (Fsp3) is 0.421. The van der Waals surface area contributed by atoms with E-state index in [9.17, 15) is 23.1 Å². The highest BCUT2D eigenvalue weighted by atomic mass is 19.4. The van der Waals surface area contributed by atoms with E-state index in [1.165, 1.54) is 16.8 Å². The summed E-state index contributed by atoms with van der Waals surface area (Å²) in [5, 5.41) is 14.1. The number of nitrogens with one attached hydrogen (secondary N) is 1. The lowest BCUT2D eigenvalue weighted by molar-refractivity contribution is -0.160. The van der Waals surface area contributed by atoms with Crippen LogP contribution in [0.4, 0.5) is 13.2 Å². The first-order valence-electron chi connectivity index (χ1n) is 8.94. The van der Waals surface area contributed by atoms with Gasteiger partial charge in [-0.2, -0.15) is 18.3 Å². The molecule has 0 saturated heterocycles. The topological polar surface area (TPSA) is 83.8 Å². The Hall–Kier alpha value is -2.68. The Morgan fingerprint density at radius 3 is 2.46 bits per heavy atom. The highest BCUT2D eigenvalue weighted by Crippen LogP contribution is 2.58. The number of aliphatic hydroxyl groups excluding tert-OH is 1. The second-order valence-corrected chi connectivity index (χ2v) is 7.28. The average Bonchev–Trinajstić information content (AvgIpc) is 3.38. The van der Waals surface area contributed by atoms with Gasteiger partial charge in [-0.15, -0.1) is 0 Å². The second-order valence-electron chi connectivity index (χ2n) is 7.28. The van der Waals surface area contributed by atoms with Crippen molar-refractivity contribution in [1.29, 1.82) is 0 Å². The van der Waals surface area contributed by atoms with Gasteiger partial charge in [0.15, 0.2) is 5.65 Å². The first kappa shape index (κ1) is 18.7. The van der Waals surface area contributed by atoms with Crippen LogP contribution in [0.15, 0.2) is 29.1 Å². The summed E-state index contributed by atoms with van der Waals surface area (Å²) in [5.74, 6) is 0.409. The van der Waals surface area contributed by atoms with Gasteiger partial charge in [-0.3, -0.25) is 4.79 Å². The smallest absolute Gasteiger partial charge is 0.390 e. The minimum absolute atomic E-state index is 0.112. The minimum Gasteiger partial charge on any atom is -0.390 e. The van der Waals surface area contributed by atoms with Crippen LogP contribution in [-0.4, -0.2) is 31.0 Å². The van der Waals surface area contributed by atoms with Crippen LogP contribution in [0.25, 0.3) is 11.0 Å². The molecule has 1 unspecified atom stereocenters. The molecule has 1 aliphatic carbocycles. The van der Waals surface area contributed by atoms with Gasteiger partial charge in [-0.05, 0) is 37.8 Å². The van der Waals surface area contributed by atoms with Gasteiger partial charge in [0.25, 0.3) is 5.56 Å². The number of hydrogen-bond donors (Lipinski definition) is 2. The maximum absolute atomic E-state index is 13.3. The van der Waals surface area contributed by atoms with Crippen LogP contribution < -0.4 is 5.56 Å². The molecule has 0 bridgehead atoms.